The van der Waals surface area contributed by atoms with Crippen LogP contribution in [0.4, 0.5) is 0 Å². The SMILES string of the molecule is CCCCNC(=O)[C@H](C)C[C@H](O)[C@@H](N)C[C@H](Cc1ccc(C(C)(C)C)c(CC(=O)OCC)c1)C(C)C. The predicted octanol–water partition coefficient (Wildman–Crippen LogP) is 4.93. The van der Waals surface area contributed by atoms with Gasteiger partial charge in [0.05, 0.1) is 19.1 Å². The normalized spacial score (nSPS) is 15.3. The second kappa shape index (κ2) is 15.4. The molecule has 0 aromatic heterocycles. The van der Waals surface area contributed by atoms with Gasteiger partial charge >= 0.3 is 5.97 Å². The Morgan fingerprint density at radius 3 is 2.33 bits per heavy atom. The molecule has 1 amide bonds. The fourth-order valence-corrected chi connectivity index (χ4v) is 4.63. The van der Waals surface area contributed by atoms with Crippen molar-refractivity contribution in [1.82, 2.24) is 5.32 Å². The summed E-state index contributed by atoms with van der Waals surface area (Å²) in [5.41, 5.74) is 9.69. The molecule has 6 nitrogen and oxygen atoms in total. The van der Waals surface area contributed by atoms with Crippen molar-refractivity contribution in [2.75, 3.05) is 13.2 Å². The number of carbonyl (C=O) groups is 2. The summed E-state index contributed by atoms with van der Waals surface area (Å²) in [6.45, 7) is 17.6. The Labute approximate surface area is 219 Å². The fraction of sp³-hybridized carbons (Fsp3) is 0.733. The lowest BCUT2D eigenvalue weighted by Gasteiger charge is -2.29. The molecule has 0 unspecified atom stereocenters. The van der Waals surface area contributed by atoms with Crippen molar-refractivity contribution in [2.24, 2.45) is 23.5 Å². The number of nitrogens with two attached hydrogens (primary N) is 1. The number of hydrogen-bond acceptors (Lipinski definition) is 5. The van der Waals surface area contributed by atoms with Crippen molar-refractivity contribution in [2.45, 2.75) is 111 Å². The molecule has 0 radical (unpaired) electrons. The summed E-state index contributed by atoms with van der Waals surface area (Å²) < 4.78 is 5.22. The number of ether oxygens (including phenoxy) is 1. The van der Waals surface area contributed by atoms with E-state index in [1.807, 2.05) is 13.8 Å². The zero-order valence-electron chi connectivity index (χ0n) is 24.0. The monoisotopic (exact) mass is 504 g/mol. The quantitative estimate of drug-likeness (QED) is 0.232. The number of hydrogen-bond donors (Lipinski definition) is 3. The Hall–Kier alpha value is -1.92. The highest BCUT2D eigenvalue weighted by atomic mass is 16.5. The van der Waals surface area contributed by atoms with Crippen molar-refractivity contribution in [3.05, 3.63) is 34.9 Å². The minimum absolute atomic E-state index is 0.0248. The molecule has 0 saturated carbocycles. The third-order valence-electron chi connectivity index (χ3n) is 7.00. The van der Waals surface area contributed by atoms with Crippen LogP contribution in [0.3, 0.4) is 0 Å². The van der Waals surface area contributed by atoms with Crippen molar-refractivity contribution >= 4 is 11.9 Å². The number of benzene rings is 1. The Morgan fingerprint density at radius 1 is 1.11 bits per heavy atom. The highest BCUT2D eigenvalue weighted by Crippen LogP contribution is 2.30. The lowest BCUT2D eigenvalue weighted by Crippen LogP contribution is -2.41. The molecule has 1 rings (SSSR count). The van der Waals surface area contributed by atoms with Crippen LogP contribution in [0.5, 0.6) is 0 Å². The molecule has 4 atom stereocenters. The number of aliphatic hydroxyl groups excluding tert-OH is 1. The minimum atomic E-state index is -0.735. The van der Waals surface area contributed by atoms with Crippen LogP contribution in [-0.2, 0) is 32.6 Å². The van der Waals surface area contributed by atoms with Gasteiger partial charge in [-0.2, -0.15) is 0 Å². The van der Waals surface area contributed by atoms with E-state index in [1.54, 1.807) is 0 Å². The molecular weight excluding hydrogens is 452 g/mol. The van der Waals surface area contributed by atoms with Gasteiger partial charge in [0.25, 0.3) is 0 Å². The lowest BCUT2D eigenvalue weighted by molar-refractivity contribution is -0.142. The van der Waals surface area contributed by atoms with E-state index in [0.29, 0.717) is 31.9 Å². The number of nitrogens with one attached hydrogen (secondary N) is 1. The predicted molar refractivity (Wildman–Crippen MR) is 148 cm³/mol. The number of unbranched alkanes of at least 4 members (excludes halogenated alkanes) is 1. The second-order valence-corrected chi connectivity index (χ2v) is 11.7. The van der Waals surface area contributed by atoms with Gasteiger partial charge in [0, 0.05) is 18.5 Å². The average molecular weight is 505 g/mol. The molecular formula is C30H52N2O4. The van der Waals surface area contributed by atoms with Crippen molar-refractivity contribution < 1.29 is 19.4 Å². The molecule has 4 N–H and O–H groups in total. The third kappa shape index (κ3) is 11.0. The first-order valence-corrected chi connectivity index (χ1v) is 13.8. The summed E-state index contributed by atoms with van der Waals surface area (Å²) in [7, 11) is 0. The van der Waals surface area contributed by atoms with Crippen LogP contribution < -0.4 is 11.1 Å². The summed E-state index contributed by atoms with van der Waals surface area (Å²) in [5, 5.41) is 13.7. The van der Waals surface area contributed by atoms with Gasteiger partial charge in [0.1, 0.15) is 0 Å². The van der Waals surface area contributed by atoms with Gasteiger partial charge in [-0.1, -0.05) is 73.1 Å². The summed E-state index contributed by atoms with van der Waals surface area (Å²) in [5.74, 6) is 0.116. The lowest BCUT2D eigenvalue weighted by atomic mass is 9.79. The first kappa shape index (κ1) is 32.1. The Morgan fingerprint density at radius 2 is 1.78 bits per heavy atom. The maximum Gasteiger partial charge on any atom is 0.310 e. The van der Waals surface area contributed by atoms with Crippen LogP contribution in [0, 0.1) is 17.8 Å². The van der Waals surface area contributed by atoms with Gasteiger partial charge in [0.2, 0.25) is 5.91 Å². The van der Waals surface area contributed by atoms with Crippen LogP contribution in [0.25, 0.3) is 0 Å². The van der Waals surface area contributed by atoms with Gasteiger partial charge in [-0.3, -0.25) is 9.59 Å². The Bertz CT molecular complexity index is 816. The first-order valence-electron chi connectivity index (χ1n) is 13.8. The van der Waals surface area contributed by atoms with E-state index in [9.17, 15) is 14.7 Å². The molecule has 206 valence electrons. The Balaban J connectivity index is 2.92. The summed E-state index contributed by atoms with van der Waals surface area (Å²) in [4.78, 5) is 24.6. The fourth-order valence-electron chi connectivity index (χ4n) is 4.63. The van der Waals surface area contributed by atoms with Crippen LogP contribution in [0.2, 0.25) is 0 Å². The smallest absolute Gasteiger partial charge is 0.310 e. The third-order valence-corrected chi connectivity index (χ3v) is 7.00. The molecule has 1 aromatic rings. The average Bonchev–Trinajstić information content (AvgIpc) is 2.77. The van der Waals surface area contributed by atoms with E-state index in [4.69, 9.17) is 10.5 Å². The summed E-state index contributed by atoms with van der Waals surface area (Å²) >= 11 is 0. The highest BCUT2D eigenvalue weighted by Gasteiger charge is 2.27. The van der Waals surface area contributed by atoms with E-state index < -0.39 is 12.1 Å². The zero-order valence-corrected chi connectivity index (χ0v) is 24.0. The van der Waals surface area contributed by atoms with Crippen molar-refractivity contribution in [3.63, 3.8) is 0 Å². The van der Waals surface area contributed by atoms with E-state index in [1.165, 1.54) is 0 Å². The number of amides is 1. The van der Waals surface area contributed by atoms with Gasteiger partial charge in [-0.05, 0) is 66.5 Å². The second-order valence-electron chi connectivity index (χ2n) is 11.7. The number of carbonyl (C=O) groups excluding carboxylic acids is 2. The largest absolute Gasteiger partial charge is 0.466 e. The van der Waals surface area contributed by atoms with E-state index in [0.717, 1.165) is 36.0 Å². The van der Waals surface area contributed by atoms with Crippen LogP contribution in [0.1, 0.15) is 97.8 Å². The molecule has 0 aliphatic carbocycles. The van der Waals surface area contributed by atoms with Crippen molar-refractivity contribution in [1.29, 1.82) is 0 Å². The molecule has 36 heavy (non-hydrogen) atoms. The first-order chi connectivity index (χ1) is 16.8. The van der Waals surface area contributed by atoms with Gasteiger partial charge in [-0.25, -0.2) is 0 Å². The summed E-state index contributed by atoms with van der Waals surface area (Å²) in [6.07, 6.45) is 3.34. The van der Waals surface area contributed by atoms with E-state index in [2.05, 4.69) is 65.1 Å². The molecule has 0 aliphatic heterocycles. The number of esters is 1. The number of rotatable bonds is 15. The topological polar surface area (TPSA) is 102 Å². The maximum absolute atomic E-state index is 12.3. The molecule has 0 saturated heterocycles. The van der Waals surface area contributed by atoms with Crippen LogP contribution >= 0.6 is 0 Å². The van der Waals surface area contributed by atoms with Gasteiger partial charge < -0.3 is 20.9 Å². The molecule has 6 heteroatoms. The van der Waals surface area contributed by atoms with Gasteiger partial charge in [0.15, 0.2) is 0 Å². The summed E-state index contributed by atoms with van der Waals surface area (Å²) in [6, 6.07) is 6.01. The molecule has 0 spiro atoms. The molecule has 1 aromatic carbocycles. The standard InChI is InChI=1S/C30H52N2O4/c1-9-11-14-32-29(35)21(5)15-27(33)26(31)18-23(20(3)4)16-22-12-13-25(30(6,7)8)24(17-22)19-28(34)36-10-2/h12-13,17,20-21,23,26-27,33H,9-11,14-16,18-19,31H2,1-8H3,(H,32,35)/t21-,23+,26+,27+/m1/s1. The zero-order chi connectivity index (χ0) is 27.5. The van der Waals surface area contributed by atoms with Crippen LogP contribution in [0.15, 0.2) is 18.2 Å². The number of aliphatic hydroxyl groups is 1. The molecule has 0 heterocycles. The molecule has 0 bridgehead atoms. The maximum atomic E-state index is 12.3. The highest BCUT2D eigenvalue weighted by molar-refractivity contribution is 5.78. The van der Waals surface area contributed by atoms with E-state index >= 15 is 0 Å². The van der Waals surface area contributed by atoms with Crippen molar-refractivity contribution in [3.8, 4) is 0 Å². The van der Waals surface area contributed by atoms with Crippen LogP contribution in [-0.4, -0.2) is 42.3 Å². The van der Waals surface area contributed by atoms with Gasteiger partial charge in [-0.15, -0.1) is 0 Å². The minimum Gasteiger partial charge on any atom is -0.466 e. The molecule has 0 fully saturated rings. The molecule has 0 aliphatic rings. The Kier molecular flexibility index (Phi) is 13.7. The van der Waals surface area contributed by atoms with E-state index in [-0.39, 0.29) is 35.5 Å².